The smallest absolute Gasteiger partial charge is 0.295 e. The molecule has 1 saturated heterocycles. The number of fused-ring (bicyclic) bond motifs is 1. The molecule has 0 aromatic heterocycles. The van der Waals surface area contributed by atoms with Gasteiger partial charge in [-0.1, -0.05) is 55.8 Å². The molecule has 2 aliphatic rings. The second-order valence-electron chi connectivity index (χ2n) is 10.1. The van der Waals surface area contributed by atoms with E-state index in [0.29, 0.717) is 24.7 Å². The summed E-state index contributed by atoms with van der Waals surface area (Å²) in [4.78, 5) is 28.3. The summed E-state index contributed by atoms with van der Waals surface area (Å²) in [7, 11) is 0. The van der Waals surface area contributed by atoms with Gasteiger partial charge in [-0.2, -0.15) is 0 Å². The average Bonchev–Trinajstić information content (AvgIpc) is 3.45. The van der Waals surface area contributed by atoms with Gasteiger partial charge in [-0.25, -0.2) is 0 Å². The molecule has 6 nitrogen and oxygen atoms in total. The molecule has 37 heavy (non-hydrogen) atoms. The number of ether oxygens (including phenoxy) is 2. The van der Waals surface area contributed by atoms with Crippen molar-refractivity contribution in [3.63, 3.8) is 0 Å². The van der Waals surface area contributed by atoms with Gasteiger partial charge in [0, 0.05) is 18.5 Å². The van der Waals surface area contributed by atoms with E-state index in [9.17, 15) is 14.7 Å². The normalized spacial score (nSPS) is 18.3. The van der Waals surface area contributed by atoms with Gasteiger partial charge in [0.1, 0.15) is 17.3 Å². The number of aliphatic hydroxyl groups excluding tert-OH is 1. The minimum Gasteiger partial charge on any atom is -0.507 e. The van der Waals surface area contributed by atoms with Crippen LogP contribution in [0.25, 0.3) is 5.76 Å². The molecule has 2 heterocycles. The second-order valence-corrected chi connectivity index (χ2v) is 10.1. The second kappa shape index (κ2) is 10.1. The van der Waals surface area contributed by atoms with Crippen molar-refractivity contribution in [3.05, 3.63) is 100 Å². The lowest BCUT2D eigenvalue weighted by molar-refractivity contribution is -0.140. The van der Waals surface area contributed by atoms with Gasteiger partial charge in [0.2, 0.25) is 0 Å². The lowest BCUT2D eigenvalue weighted by atomic mass is 9.93. The number of carbonyl (C=O) groups excluding carboxylic acids is 2. The van der Waals surface area contributed by atoms with E-state index in [-0.39, 0.29) is 17.9 Å². The van der Waals surface area contributed by atoms with Crippen LogP contribution in [0.15, 0.2) is 72.3 Å². The fourth-order valence-electron chi connectivity index (χ4n) is 4.87. The zero-order chi connectivity index (χ0) is 26.1. The van der Waals surface area contributed by atoms with Crippen LogP contribution in [0.5, 0.6) is 11.5 Å². The minimum absolute atomic E-state index is 0.103. The number of aliphatic hydroxyl groups is 1. The summed E-state index contributed by atoms with van der Waals surface area (Å²) in [6.45, 7) is 7.58. The summed E-state index contributed by atoms with van der Waals surface area (Å²) in [6, 6.07) is 19.9. The van der Waals surface area contributed by atoms with Crippen molar-refractivity contribution in [3.8, 4) is 11.5 Å². The first-order chi connectivity index (χ1) is 17.8. The molecular formula is C31H31NO5. The minimum atomic E-state index is -0.707. The Morgan fingerprint density at radius 1 is 1.08 bits per heavy atom. The predicted octanol–water partition coefficient (Wildman–Crippen LogP) is 5.59. The van der Waals surface area contributed by atoms with Crippen LogP contribution in [-0.2, 0) is 22.6 Å². The number of likely N-dealkylation sites (tertiary alicyclic amines) is 1. The van der Waals surface area contributed by atoms with Crippen LogP contribution >= 0.6 is 0 Å². The van der Waals surface area contributed by atoms with Gasteiger partial charge in [0.25, 0.3) is 11.7 Å². The van der Waals surface area contributed by atoms with Crippen molar-refractivity contribution in [2.45, 2.75) is 39.8 Å². The van der Waals surface area contributed by atoms with E-state index in [1.807, 2.05) is 61.5 Å². The average molecular weight is 498 g/mol. The highest BCUT2D eigenvalue weighted by Crippen LogP contribution is 2.41. The Morgan fingerprint density at radius 2 is 1.86 bits per heavy atom. The summed E-state index contributed by atoms with van der Waals surface area (Å²) in [5.41, 5.74) is 4.24. The van der Waals surface area contributed by atoms with Crippen molar-refractivity contribution in [2.24, 2.45) is 5.92 Å². The highest BCUT2D eigenvalue weighted by molar-refractivity contribution is 6.46. The van der Waals surface area contributed by atoms with Gasteiger partial charge in [-0.05, 0) is 59.9 Å². The number of aryl methyl sites for hydroxylation is 1. The van der Waals surface area contributed by atoms with E-state index >= 15 is 0 Å². The molecule has 0 radical (unpaired) electrons. The third-order valence-electron chi connectivity index (χ3n) is 6.72. The molecule has 1 unspecified atom stereocenters. The summed E-state index contributed by atoms with van der Waals surface area (Å²) >= 11 is 0. The highest BCUT2D eigenvalue weighted by atomic mass is 16.5. The maximum atomic E-state index is 13.4. The molecule has 6 heteroatoms. The van der Waals surface area contributed by atoms with E-state index in [4.69, 9.17) is 9.47 Å². The number of hydrogen-bond donors (Lipinski definition) is 1. The number of amides is 1. The molecule has 0 saturated carbocycles. The first kappa shape index (κ1) is 24.6. The predicted molar refractivity (Wildman–Crippen MR) is 141 cm³/mol. The molecule has 2 aliphatic heterocycles. The third-order valence-corrected chi connectivity index (χ3v) is 6.72. The van der Waals surface area contributed by atoms with Crippen molar-refractivity contribution in [2.75, 3.05) is 13.2 Å². The fourth-order valence-corrected chi connectivity index (χ4v) is 4.87. The number of carbonyl (C=O) groups is 2. The Hall–Kier alpha value is -4.06. The van der Waals surface area contributed by atoms with Crippen molar-refractivity contribution >= 4 is 17.4 Å². The number of ketones is 1. The number of rotatable bonds is 7. The van der Waals surface area contributed by atoms with Crippen LogP contribution in [0.1, 0.15) is 47.7 Å². The van der Waals surface area contributed by atoms with Crippen molar-refractivity contribution < 1.29 is 24.2 Å². The lowest BCUT2D eigenvalue weighted by Crippen LogP contribution is -2.29. The number of hydrogen-bond acceptors (Lipinski definition) is 5. The van der Waals surface area contributed by atoms with E-state index < -0.39 is 17.7 Å². The number of Topliss-reactive ketones (excluding diaryl/α,β-unsaturated/α-hetero) is 1. The van der Waals surface area contributed by atoms with Gasteiger partial charge >= 0.3 is 0 Å². The molecular weight excluding hydrogens is 466 g/mol. The first-order valence-electron chi connectivity index (χ1n) is 12.6. The van der Waals surface area contributed by atoms with Gasteiger partial charge in [-0.3, -0.25) is 9.59 Å². The van der Waals surface area contributed by atoms with Gasteiger partial charge < -0.3 is 19.5 Å². The molecule has 0 bridgehead atoms. The first-order valence-corrected chi connectivity index (χ1v) is 12.6. The number of benzene rings is 3. The van der Waals surface area contributed by atoms with Gasteiger partial charge in [0.15, 0.2) is 0 Å². The molecule has 0 spiro atoms. The topological polar surface area (TPSA) is 76.1 Å². The molecule has 190 valence electrons. The zero-order valence-corrected chi connectivity index (χ0v) is 21.4. The number of nitrogens with zero attached hydrogens (tertiary/aromatic N) is 1. The quantitative estimate of drug-likeness (QED) is 0.262. The zero-order valence-electron chi connectivity index (χ0n) is 21.4. The van der Waals surface area contributed by atoms with Crippen LogP contribution in [0, 0.1) is 12.8 Å². The standard InChI is InChI=1S/C31H31NO5/c1-19(2)18-37-25-10-7-21(8-11-25)17-32-28(23-6-4-5-20(3)15-23)27(30(34)31(32)35)29(33)24-9-12-26-22(16-24)13-14-36-26/h4-12,15-16,19,28,33H,13-14,17-18H2,1-3H3/b29-27-. The molecule has 1 amide bonds. The highest BCUT2D eigenvalue weighted by Gasteiger charge is 2.46. The molecule has 1 fully saturated rings. The van der Waals surface area contributed by atoms with E-state index in [1.54, 1.807) is 17.0 Å². The largest absolute Gasteiger partial charge is 0.507 e. The van der Waals surface area contributed by atoms with E-state index in [1.165, 1.54) is 0 Å². The van der Waals surface area contributed by atoms with E-state index in [2.05, 4.69) is 13.8 Å². The van der Waals surface area contributed by atoms with Crippen LogP contribution in [0.2, 0.25) is 0 Å². The summed E-state index contributed by atoms with van der Waals surface area (Å²) in [6.07, 6.45) is 0.739. The van der Waals surface area contributed by atoms with Crippen LogP contribution < -0.4 is 9.47 Å². The fraction of sp³-hybridized carbons (Fsp3) is 0.290. The summed E-state index contributed by atoms with van der Waals surface area (Å²) in [5, 5.41) is 11.4. The molecule has 3 aromatic carbocycles. The summed E-state index contributed by atoms with van der Waals surface area (Å²) < 4.78 is 11.4. The Morgan fingerprint density at radius 3 is 2.59 bits per heavy atom. The Bertz CT molecular complexity index is 1370. The molecule has 1 atom stereocenters. The maximum absolute atomic E-state index is 13.4. The Kier molecular flexibility index (Phi) is 6.74. The van der Waals surface area contributed by atoms with Crippen LogP contribution in [0.4, 0.5) is 0 Å². The van der Waals surface area contributed by atoms with Crippen LogP contribution in [0.3, 0.4) is 0 Å². The monoisotopic (exact) mass is 497 g/mol. The SMILES string of the molecule is Cc1cccc(C2/C(=C(/O)c3ccc4c(c3)CCO4)C(=O)C(=O)N2Cc2ccc(OCC(C)C)cc2)c1. The molecule has 0 aliphatic carbocycles. The van der Waals surface area contributed by atoms with Gasteiger partial charge in [-0.15, -0.1) is 0 Å². The Balaban J connectivity index is 1.53. The van der Waals surface area contributed by atoms with Crippen LogP contribution in [-0.4, -0.2) is 34.9 Å². The molecule has 1 N–H and O–H groups in total. The van der Waals surface area contributed by atoms with E-state index in [0.717, 1.165) is 40.2 Å². The molecule has 3 aromatic rings. The maximum Gasteiger partial charge on any atom is 0.295 e. The third kappa shape index (κ3) is 4.96. The van der Waals surface area contributed by atoms with Crippen molar-refractivity contribution in [1.82, 2.24) is 4.90 Å². The summed E-state index contributed by atoms with van der Waals surface area (Å²) in [5.74, 6) is 0.484. The lowest BCUT2D eigenvalue weighted by Gasteiger charge is -2.26. The van der Waals surface area contributed by atoms with Gasteiger partial charge in [0.05, 0.1) is 24.8 Å². The van der Waals surface area contributed by atoms with Crippen molar-refractivity contribution in [1.29, 1.82) is 0 Å². The Labute approximate surface area is 217 Å². The molecule has 5 rings (SSSR count).